The highest BCUT2D eigenvalue weighted by Crippen LogP contribution is 2.14. The molecule has 0 aliphatic carbocycles. The minimum atomic E-state index is -0.131. The van der Waals surface area contributed by atoms with Crippen LogP contribution in [0.5, 0.6) is 0 Å². The first-order valence-corrected chi connectivity index (χ1v) is 6.26. The van der Waals surface area contributed by atoms with E-state index in [1.165, 1.54) is 0 Å². The molecule has 0 saturated heterocycles. The molecular weight excluding hydrogens is 232 g/mol. The predicted molar refractivity (Wildman–Crippen MR) is 71.1 cm³/mol. The number of carbonyl (C=O) groups is 1. The van der Waals surface area contributed by atoms with Crippen LogP contribution in [-0.2, 0) is 6.54 Å². The molecular formula is C13H14N2OS. The van der Waals surface area contributed by atoms with E-state index in [9.17, 15) is 4.79 Å². The van der Waals surface area contributed by atoms with E-state index in [0.717, 1.165) is 11.1 Å². The van der Waals surface area contributed by atoms with Crippen molar-refractivity contribution in [2.75, 3.05) is 5.73 Å². The summed E-state index contributed by atoms with van der Waals surface area (Å²) in [7, 11) is 0. The minimum Gasteiger partial charge on any atom is -0.398 e. The number of nitrogens with two attached hydrogens (primary N) is 1. The number of anilines is 1. The quantitative estimate of drug-likeness (QED) is 0.818. The average molecular weight is 246 g/mol. The van der Waals surface area contributed by atoms with Gasteiger partial charge in [0.1, 0.15) is 0 Å². The van der Waals surface area contributed by atoms with E-state index in [1.54, 1.807) is 23.5 Å². The SMILES string of the molecule is Cc1ccc(C(=O)NCc2ccsc2)c(N)c1. The van der Waals surface area contributed by atoms with Gasteiger partial charge in [-0.3, -0.25) is 4.79 Å². The van der Waals surface area contributed by atoms with Gasteiger partial charge in [-0.25, -0.2) is 0 Å². The Hall–Kier alpha value is -1.81. The van der Waals surface area contributed by atoms with Gasteiger partial charge in [-0.15, -0.1) is 0 Å². The van der Waals surface area contributed by atoms with E-state index in [1.807, 2.05) is 29.8 Å². The molecule has 0 atom stereocenters. The maximum absolute atomic E-state index is 11.9. The van der Waals surface area contributed by atoms with Crippen LogP contribution in [-0.4, -0.2) is 5.91 Å². The minimum absolute atomic E-state index is 0.131. The Bertz CT molecular complexity index is 520. The molecule has 0 aliphatic heterocycles. The maximum Gasteiger partial charge on any atom is 0.253 e. The van der Waals surface area contributed by atoms with Gasteiger partial charge in [-0.05, 0) is 47.0 Å². The van der Waals surface area contributed by atoms with Gasteiger partial charge in [0.25, 0.3) is 5.91 Å². The van der Waals surface area contributed by atoms with E-state index in [0.29, 0.717) is 17.8 Å². The molecule has 0 spiro atoms. The van der Waals surface area contributed by atoms with Crippen LogP contribution in [0.2, 0.25) is 0 Å². The summed E-state index contributed by atoms with van der Waals surface area (Å²) in [6.45, 7) is 2.49. The summed E-state index contributed by atoms with van der Waals surface area (Å²) < 4.78 is 0. The van der Waals surface area contributed by atoms with Crippen molar-refractivity contribution in [2.45, 2.75) is 13.5 Å². The largest absolute Gasteiger partial charge is 0.398 e. The molecule has 0 radical (unpaired) electrons. The second-order valence-electron chi connectivity index (χ2n) is 3.90. The second-order valence-corrected chi connectivity index (χ2v) is 4.69. The van der Waals surface area contributed by atoms with Crippen LogP contribution in [0.25, 0.3) is 0 Å². The standard InChI is InChI=1S/C13H14N2OS/c1-9-2-3-11(12(14)6-9)13(16)15-7-10-4-5-17-8-10/h2-6,8H,7,14H2,1H3,(H,15,16). The van der Waals surface area contributed by atoms with E-state index in [2.05, 4.69) is 5.32 Å². The molecule has 1 amide bonds. The zero-order valence-electron chi connectivity index (χ0n) is 9.57. The molecule has 0 bridgehead atoms. The lowest BCUT2D eigenvalue weighted by molar-refractivity contribution is 0.0952. The van der Waals surface area contributed by atoms with Gasteiger partial charge in [-0.1, -0.05) is 6.07 Å². The molecule has 0 fully saturated rings. The number of thiophene rings is 1. The van der Waals surface area contributed by atoms with Crippen LogP contribution in [0.1, 0.15) is 21.5 Å². The lowest BCUT2D eigenvalue weighted by atomic mass is 10.1. The molecule has 0 unspecified atom stereocenters. The van der Waals surface area contributed by atoms with Crippen molar-refractivity contribution in [3.05, 3.63) is 51.7 Å². The van der Waals surface area contributed by atoms with Gasteiger partial charge in [0, 0.05) is 12.2 Å². The Labute approximate surface area is 104 Å². The number of nitrogens with one attached hydrogen (secondary N) is 1. The molecule has 1 aromatic carbocycles. The van der Waals surface area contributed by atoms with E-state index >= 15 is 0 Å². The summed E-state index contributed by atoms with van der Waals surface area (Å²) in [5, 5.41) is 6.85. The van der Waals surface area contributed by atoms with Gasteiger partial charge >= 0.3 is 0 Å². The van der Waals surface area contributed by atoms with E-state index in [4.69, 9.17) is 5.73 Å². The summed E-state index contributed by atoms with van der Waals surface area (Å²) >= 11 is 1.62. The molecule has 0 saturated carbocycles. The maximum atomic E-state index is 11.9. The fourth-order valence-corrected chi connectivity index (χ4v) is 2.23. The van der Waals surface area contributed by atoms with Crippen LogP contribution in [0.4, 0.5) is 5.69 Å². The van der Waals surface area contributed by atoms with Gasteiger partial charge in [0.05, 0.1) is 5.56 Å². The summed E-state index contributed by atoms with van der Waals surface area (Å²) in [5.41, 5.74) is 9.03. The third-order valence-corrected chi connectivity index (χ3v) is 3.22. The van der Waals surface area contributed by atoms with Crippen molar-refractivity contribution in [1.82, 2.24) is 5.32 Å². The zero-order chi connectivity index (χ0) is 12.3. The lowest BCUT2D eigenvalue weighted by Crippen LogP contribution is -2.23. The zero-order valence-corrected chi connectivity index (χ0v) is 10.4. The first-order valence-electron chi connectivity index (χ1n) is 5.32. The Morgan fingerprint density at radius 2 is 2.24 bits per heavy atom. The number of hydrogen-bond donors (Lipinski definition) is 2. The molecule has 3 nitrogen and oxygen atoms in total. The van der Waals surface area contributed by atoms with Gasteiger partial charge in [0.2, 0.25) is 0 Å². The fraction of sp³-hybridized carbons (Fsp3) is 0.154. The summed E-state index contributed by atoms with van der Waals surface area (Å²) in [4.78, 5) is 11.9. The topological polar surface area (TPSA) is 55.1 Å². The van der Waals surface area contributed by atoms with Crippen LogP contribution < -0.4 is 11.1 Å². The summed E-state index contributed by atoms with van der Waals surface area (Å²) in [6.07, 6.45) is 0. The van der Waals surface area contributed by atoms with Crippen LogP contribution >= 0.6 is 11.3 Å². The smallest absolute Gasteiger partial charge is 0.253 e. The first kappa shape index (κ1) is 11.7. The Balaban J connectivity index is 2.04. The van der Waals surface area contributed by atoms with Crippen molar-refractivity contribution >= 4 is 22.9 Å². The van der Waals surface area contributed by atoms with Gasteiger partial charge in [0.15, 0.2) is 0 Å². The highest BCUT2D eigenvalue weighted by molar-refractivity contribution is 7.07. The number of carbonyl (C=O) groups excluding carboxylic acids is 1. The highest BCUT2D eigenvalue weighted by Gasteiger charge is 2.08. The number of nitrogen functional groups attached to an aromatic ring is 1. The number of amides is 1. The van der Waals surface area contributed by atoms with Crippen LogP contribution in [0.3, 0.4) is 0 Å². The number of rotatable bonds is 3. The molecule has 4 heteroatoms. The fourth-order valence-electron chi connectivity index (χ4n) is 1.56. The lowest BCUT2D eigenvalue weighted by Gasteiger charge is -2.07. The summed E-state index contributed by atoms with van der Waals surface area (Å²) in [5.74, 6) is -0.131. The monoisotopic (exact) mass is 246 g/mol. The predicted octanol–water partition coefficient (Wildman–Crippen LogP) is 2.57. The van der Waals surface area contributed by atoms with Crippen molar-refractivity contribution in [2.24, 2.45) is 0 Å². The molecule has 1 aromatic heterocycles. The molecule has 0 aliphatic rings. The van der Waals surface area contributed by atoms with Crippen LogP contribution in [0, 0.1) is 6.92 Å². The molecule has 2 aromatic rings. The van der Waals surface area contributed by atoms with Gasteiger partial charge in [-0.2, -0.15) is 11.3 Å². The van der Waals surface area contributed by atoms with Crippen molar-refractivity contribution in [3.63, 3.8) is 0 Å². The Morgan fingerprint density at radius 3 is 2.88 bits per heavy atom. The van der Waals surface area contributed by atoms with E-state index < -0.39 is 0 Å². The summed E-state index contributed by atoms with van der Waals surface area (Å²) in [6, 6.07) is 7.44. The number of hydrogen-bond acceptors (Lipinski definition) is 3. The molecule has 88 valence electrons. The Morgan fingerprint density at radius 1 is 1.41 bits per heavy atom. The van der Waals surface area contributed by atoms with Gasteiger partial charge < -0.3 is 11.1 Å². The normalized spacial score (nSPS) is 10.2. The highest BCUT2D eigenvalue weighted by atomic mass is 32.1. The first-order chi connectivity index (χ1) is 8.16. The number of aryl methyl sites for hydroxylation is 1. The number of benzene rings is 1. The molecule has 17 heavy (non-hydrogen) atoms. The van der Waals surface area contributed by atoms with Crippen molar-refractivity contribution < 1.29 is 4.79 Å². The van der Waals surface area contributed by atoms with Crippen LogP contribution in [0.15, 0.2) is 35.0 Å². The Kier molecular flexibility index (Phi) is 3.44. The molecule has 2 rings (SSSR count). The third-order valence-electron chi connectivity index (χ3n) is 2.48. The second kappa shape index (κ2) is 5.01. The van der Waals surface area contributed by atoms with Crippen molar-refractivity contribution in [1.29, 1.82) is 0 Å². The molecule has 3 N–H and O–H groups in total. The van der Waals surface area contributed by atoms with Crippen molar-refractivity contribution in [3.8, 4) is 0 Å². The average Bonchev–Trinajstić information content (AvgIpc) is 2.78. The van der Waals surface area contributed by atoms with E-state index in [-0.39, 0.29) is 5.91 Å². The third kappa shape index (κ3) is 2.85. The molecule has 1 heterocycles.